The number of carboxylic acids is 1. The van der Waals surface area contributed by atoms with Crippen molar-refractivity contribution in [3.05, 3.63) is 30.1 Å². The Morgan fingerprint density at radius 3 is 2.47 bits per heavy atom. The second-order valence-corrected chi connectivity index (χ2v) is 3.25. The Balaban J connectivity index is 2.57. The van der Waals surface area contributed by atoms with Crippen molar-refractivity contribution < 1.29 is 23.4 Å². The average Bonchev–Trinajstić information content (AvgIpc) is 2.17. The summed E-state index contributed by atoms with van der Waals surface area (Å²) in [6, 6.07) is 4.89. The van der Waals surface area contributed by atoms with Crippen LogP contribution in [0.2, 0.25) is 0 Å². The number of aliphatic carboxylic acids is 1. The zero-order valence-electron chi connectivity index (χ0n) is 8.04. The van der Waals surface area contributed by atoms with Crippen LogP contribution in [0.15, 0.2) is 24.3 Å². The van der Waals surface area contributed by atoms with Gasteiger partial charge in [-0.3, -0.25) is 0 Å². The number of hydrogen-bond acceptors (Lipinski definition) is 2. The number of alkyl halides is 1. The van der Waals surface area contributed by atoms with Crippen molar-refractivity contribution in [2.24, 2.45) is 0 Å². The minimum atomic E-state index is -2.45. The van der Waals surface area contributed by atoms with E-state index in [9.17, 15) is 13.6 Å². The van der Waals surface area contributed by atoms with Gasteiger partial charge in [-0.25, -0.2) is 13.6 Å². The fourth-order valence-corrected chi connectivity index (χ4v) is 0.811. The third-order valence-electron chi connectivity index (χ3n) is 1.77. The number of halogens is 2. The molecule has 0 heterocycles. The predicted molar refractivity (Wildman–Crippen MR) is 49.0 cm³/mol. The molecule has 15 heavy (non-hydrogen) atoms. The monoisotopic (exact) mass is 216 g/mol. The molecule has 0 fully saturated rings. The molecule has 0 aliphatic heterocycles. The smallest absolute Gasteiger partial charge is 0.344 e. The maximum atomic E-state index is 13.2. The minimum Gasteiger partial charge on any atom is -0.490 e. The van der Waals surface area contributed by atoms with Crippen molar-refractivity contribution in [1.82, 2.24) is 0 Å². The molecule has 0 aromatic heterocycles. The van der Waals surface area contributed by atoms with Crippen LogP contribution in [0.4, 0.5) is 8.78 Å². The van der Waals surface area contributed by atoms with Crippen molar-refractivity contribution >= 4 is 5.97 Å². The van der Waals surface area contributed by atoms with Gasteiger partial charge in [0.1, 0.15) is 18.2 Å². The Labute approximate surface area is 85.3 Å². The van der Waals surface area contributed by atoms with Crippen LogP contribution in [0.5, 0.6) is 5.75 Å². The Hall–Kier alpha value is -1.65. The maximum Gasteiger partial charge on any atom is 0.344 e. The molecule has 1 atom stereocenters. The fourth-order valence-electron chi connectivity index (χ4n) is 0.811. The third-order valence-corrected chi connectivity index (χ3v) is 1.77. The van der Waals surface area contributed by atoms with E-state index in [1.54, 1.807) is 0 Å². The standard InChI is InChI=1S/C10H10F2O3/c1-10(12,9(13)14)6-15-8-4-2-7(11)3-5-8/h2-5H,6H2,1H3,(H,13,14). The van der Waals surface area contributed by atoms with Gasteiger partial charge in [0, 0.05) is 0 Å². The Morgan fingerprint density at radius 1 is 1.47 bits per heavy atom. The quantitative estimate of drug-likeness (QED) is 0.837. The van der Waals surface area contributed by atoms with Crippen LogP contribution >= 0.6 is 0 Å². The van der Waals surface area contributed by atoms with Gasteiger partial charge < -0.3 is 9.84 Å². The zero-order chi connectivity index (χ0) is 11.5. The van der Waals surface area contributed by atoms with Gasteiger partial charge in [0.15, 0.2) is 0 Å². The molecule has 1 unspecified atom stereocenters. The lowest BCUT2D eigenvalue weighted by Crippen LogP contribution is -2.36. The average molecular weight is 216 g/mol. The molecule has 1 N–H and O–H groups in total. The van der Waals surface area contributed by atoms with E-state index in [0.717, 1.165) is 19.1 Å². The molecule has 0 aliphatic rings. The maximum absolute atomic E-state index is 13.2. The Morgan fingerprint density at radius 2 is 2.00 bits per heavy atom. The summed E-state index contributed by atoms with van der Waals surface area (Å²) in [6.45, 7) is 0.285. The molecular formula is C10H10F2O3. The van der Waals surface area contributed by atoms with E-state index in [1.165, 1.54) is 12.1 Å². The first-order valence-corrected chi connectivity index (χ1v) is 4.22. The summed E-state index contributed by atoms with van der Waals surface area (Å²) < 4.78 is 30.5. The first kappa shape index (κ1) is 11.4. The molecule has 82 valence electrons. The summed E-state index contributed by atoms with van der Waals surface area (Å²) >= 11 is 0. The second-order valence-electron chi connectivity index (χ2n) is 3.25. The highest BCUT2D eigenvalue weighted by atomic mass is 19.1. The number of rotatable bonds is 4. The van der Waals surface area contributed by atoms with Crippen LogP contribution in [0.25, 0.3) is 0 Å². The van der Waals surface area contributed by atoms with E-state index in [4.69, 9.17) is 9.84 Å². The summed E-state index contributed by atoms with van der Waals surface area (Å²) in [7, 11) is 0. The molecule has 1 aromatic carbocycles. The van der Waals surface area contributed by atoms with Gasteiger partial charge in [0.05, 0.1) is 0 Å². The van der Waals surface area contributed by atoms with Gasteiger partial charge in [-0.1, -0.05) is 0 Å². The van der Waals surface area contributed by atoms with Crippen molar-refractivity contribution in [2.45, 2.75) is 12.6 Å². The van der Waals surface area contributed by atoms with Crippen molar-refractivity contribution in [3.8, 4) is 5.75 Å². The largest absolute Gasteiger partial charge is 0.490 e. The molecule has 5 heteroatoms. The van der Waals surface area contributed by atoms with E-state index in [2.05, 4.69) is 0 Å². The topological polar surface area (TPSA) is 46.5 Å². The zero-order valence-corrected chi connectivity index (χ0v) is 8.04. The Kier molecular flexibility index (Phi) is 3.24. The molecular weight excluding hydrogens is 206 g/mol. The lowest BCUT2D eigenvalue weighted by molar-refractivity contribution is -0.151. The lowest BCUT2D eigenvalue weighted by atomic mass is 10.1. The van der Waals surface area contributed by atoms with Crippen LogP contribution in [0.1, 0.15) is 6.92 Å². The molecule has 0 saturated heterocycles. The van der Waals surface area contributed by atoms with Crippen LogP contribution in [0, 0.1) is 5.82 Å². The summed E-state index contributed by atoms with van der Waals surface area (Å²) in [5.74, 6) is -1.81. The second kappa shape index (κ2) is 4.25. The highest BCUT2D eigenvalue weighted by molar-refractivity contribution is 5.76. The van der Waals surface area contributed by atoms with Gasteiger partial charge in [-0.2, -0.15) is 0 Å². The van der Waals surface area contributed by atoms with E-state index < -0.39 is 24.1 Å². The Bertz CT molecular complexity index is 346. The normalized spacial score (nSPS) is 14.3. The fraction of sp³-hybridized carbons (Fsp3) is 0.300. The van der Waals surface area contributed by atoms with Gasteiger partial charge in [0.25, 0.3) is 0 Å². The lowest BCUT2D eigenvalue weighted by Gasteiger charge is -2.15. The summed E-state index contributed by atoms with van der Waals surface area (Å²) in [5, 5.41) is 8.45. The number of carbonyl (C=O) groups is 1. The van der Waals surface area contributed by atoms with Crippen LogP contribution in [0.3, 0.4) is 0 Å². The summed E-state index contributed by atoms with van der Waals surface area (Å²) in [4.78, 5) is 10.4. The molecule has 3 nitrogen and oxygen atoms in total. The first-order chi connectivity index (χ1) is 6.92. The SMILES string of the molecule is CC(F)(COc1ccc(F)cc1)C(=O)O. The van der Waals surface area contributed by atoms with E-state index in [0.29, 0.717) is 0 Å². The van der Waals surface area contributed by atoms with Crippen molar-refractivity contribution in [1.29, 1.82) is 0 Å². The third kappa shape index (κ3) is 3.19. The molecule has 0 spiro atoms. The highest BCUT2D eigenvalue weighted by Crippen LogP contribution is 2.16. The molecule has 1 aromatic rings. The van der Waals surface area contributed by atoms with Gasteiger partial charge >= 0.3 is 5.97 Å². The predicted octanol–water partition coefficient (Wildman–Crippen LogP) is 2.02. The number of ether oxygens (including phenoxy) is 1. The number of benzene rings is 1. The van der Waals surface area contributed by atoms with Crippen molar-refractivity contribution in [3.63, 3.8) is 0 Å². The summed E-state index contributed by atoms with van der Waals surface area (Å²) in [6.07, 6.45) is 0. The van der Waals surface area contributed by atoms with E-state index in [-0.39, 0.29) is 5.75 Å². The number of carboxylic acid groups (broad SMARTS) is 1. The van der Waals surface area contributed by atoms with Crippen molar-refractivity contribution in [2.75, 3.05) is 6.61 Å². The van der Waals surface area contributed by atoms with Gasteiger partial charge in [0.2, 0.25) is 5.67 Å². The molecule has 0 saturated carbocycles. The van der Waals surface area contributed by atoms with E-state index >= 15 is 0 Å². The molecule has 0 radical (unpaired) electrons. The molecule has 1 rings (SSSR count). The minimum absolute atomic E-state index is 0.224. The van der Waals surface area contributed by atoms with Gasteiger partial charge in [-0.05, 0) is 31.2 Å². The molecule has 0 aliphatic carbocycles. The van der Waals surface area contributed by atoms with E-state index in [1.807, 2.05) is 0 Å². The molecule has 0 amide bonds. The first-order valence-electron chi connectivity index (χ1n) is 4.22. The van der Waals surface area contributed by atoms with Crippen LogP contribution < -0.4 is 4.74 Å². The molecule has 0 bridgehead atoms. The number of hydrogen-bond donors (Lipinski definition) is 1. The van der Waals surface area contributed by atoms with Crippen LogP contribution in [-0.4, -0.2) is 23.4 Å². The summed E-state index contributed by atoms with van der Waals surface area (Å²) in [5.41, 5.74) is -2.45. The highest BCUT2D eigenvalue weighted by Gasteiger charge is 2.33. The van der Waals surface area contributed by atoms with Crippen LogP contribution in [-0.2, 0) is 4.79 Å². The van der Waals surface area contributed by atoms with Gasteiger partial charge in [-0.15, -0.1) is 0 Å².